The molecule has 0 amide bonds. The van der Waals surface area contributed by atoms with E-state index in [0.717, 1.165) is 31.6 Å². The Morgan fingerprint density at radius 3 is 2.61 bits per heavy atom. The van der Waals surface area contributed by atoms with Crippen LogP contribution in [-0.2, 0) is 4.74 Å². The molecule has 1 unspecified atom stereocenters. The minimum atomic E-state index is 0.213. The van der Waals surface area contributed by atoms with Gasteiger partial charge in [0.15, 0.2) is 0 Å². The Kier molecular flexibility index (Phi) is 6.76. The minimum absolute atomic E-state index is 0.213. The van der Waals surface area contributed by atoms with Crippen molar-refractivity contribution in [1.82, 2.24) is 5.32 Å². The normalized spacial score (nSPS) is 12.9. The van der Waals surface area contributed by atoms with Gasteiger partial charge < -0.3 is 15.2 Å². The predicted molar refractivity (Wildman–Crippen MR) is 74.8 cm³/mol. The molecule has 3 heteroatoms. The molecular formula is C15H25NO2. The van der Waals surface area contributed by atoms with E-state index >= 15 is 0 Å². The summed E-state index contributed by atoms with van der Waals surface area (Å²) in [6.45, 7) is 7.89. The van der Waals surface area contributed by atoms with Crippen molar-refractivity contribution in [3.05, 3.63) is 29.8 Å². The van der Waals surface area contributed by atoms with Crippen molar-refractivity contribution in [3.8, 4) is 5.75 Å². The van der Waals surface area contributed by atoms with Crippen LogP contribution in [0.4, 0.5) is 0 Å². The van der Waals surface area contributed by atoms with Crippen LogP contribution in [0.15, 0.2) is 24.3 Å². The van der Waals surface area contributed by atoms with E-state index in [-0.39, 0.29) is 6.04 Å². The van der Waals surface area contributed by atoms with E-state index in [9.17, 15) is 5.11 Å². The largest absolute Gasteiger partial charge is 0.508 e. The molecule has 0 aliphatic rings. The van der Waals surface area contributed by atoms with E-state index in [1.54, 1.807) is 6.07 Å². The Morgan fingerprint density at radius 1 is 1.28 bits per heavy atom. The molecule has 0 heterocycles. The molecule has 1 aromatic carbocycles. The molecule has 0 saturated heterocycles. The summed E-state index contributed by atoms with van der Waals surface area (Å²) in [4.78, 5) is 0. The van der Waals surface area contributed by atoms with Gasteiger partial charge in [-0.2, -0.15) is 0 Å². The number of aromatic hydroxyl groups is 1. The fourth-order valence-electron chi connectivity index (χ4n) is 1.92. The maximum atomic E-state index is 9.82. The summed E-state index contributed by atoms with van der Waals surface area (Å²) < 4.78 is 5.50. The van der Waals surface area contributed by atoms with E-state index in [2.05, 4.69) is 12.2 Å². The Bertz CT molecular complexity index is 339. The second-order valence-electron chi connectivity index (χ2n) is 4.75. The van der Waals surface area contributed by atoms with Gasteiger partial charge in [0.2, 0.25) is 0 Å². The summed E-state index contributed by atoms with van der Waals surface area (Å²) >= 11 is 0. The molecule has 0 saturated carbocycles. The van der Waals surface area contributed by atoms with Crippen molar-refractivity contribution in [3.63, 3.8) is 0 Å². The van der Waals surface area contributed by atoms with Crippen molar-refractivity contribution in [2.45, 2.75) is 45.8 Å². The summed E-state index contributed by atoms with van der Waals surface area (Å²) in [7, 11) is 0. The molecule has 1 atom stereocenters. The average Bonchev–Trinajstić information content (AvgIpc) is 2.35. The molecular weight excluding hydrogens is 226 g/mol. The maximum absolute atomic E-state index is 9.82. The highest BCUT2D eigenvalue weighted by molar-refractivity contribution is 5.34. The topological polar surface area (TPSA) is 41.5 Å². The van der Waals surface area contributed by atoms with E-state index in [1.165, 1.54) is 0 Å². The van der Waals surface area contributed by atoms with Crippen LogP contribution in [0.3, 0.4) is 0 Å². The van der Waals surface area contributed by atoms with E-state index in [1.807, 2.05) is 32.0 Å². The molecule has 1 rings (SSSR count). The van der Waals surface area contributed by atoms with E-state index in [4.69, 9.17) is 4.74 Å². The van der Waals surface area contributed by atoms with Crippen LogP contribution in [0.1, 0.15) is 45.2 Å². The third-order valence-corrected chi connectivity index (χ3v) is 2.88. The number of rotatable bonds is 8. The van der Waals surface area contributed by atoms with Crippen molar-refractivity contribution < 1.29 is 9.84 Å². The van der Waals surface area contributed by atoms with Crippen LogP contribution in [0.2, 0.25) is 0 Å². The van der Waals surface area contributed by atoms with Crippen LogP contribution < -0.4 is 5.32 Å². The zero-order valence-corrected chi connectivity index (χ0v) is 11.6. The Balaban J connectivity index is 2.36. The summed E-state index contributed by atoms with van der Waals surface area (Å²) in [6, 6.07) is 7.73. The molecule has 0 fully saturated rings. The zero-order valence-electron chi connectivity index (χ0n) is 11.6. The van der Waals surface area contributed by atoms with Gasteiger partial charge in [0, 0.05) is 18.2 Å². The molecule has 0 spiro atoms. The van der Waals surface area contributed by atoms with Gasteiger partial charge in [-0.25, -0.2) is 0 Å². The fraction of sp³-hybridized carbons (Fsp3) is 0.600. The van der Waals surface area contributed by atoms with Gasteiger partial charge in [0.25, 0.3) is 0 Å². The van der Waals surface area contributed by atoms with Gasteiger partial charge >= 0.3 is 0 Å². The number of phenolic OH excluding ortho intramolecular Hbond substituents is 1. The summed E-state index contributed by atoms with van der Waals surface area (Å²) in [5.41, 5.74) is 0.977. The zero-order chi connectivity index (χ0) is 13.4. The van der Waals surface area contributed by atoms with Crippen LogP contribution in [-0.4, -0.2) is 24.4 Å². The van der Waals surface area contributed by atoms with Crippen LogP contribution in [0.25, 0.3) is 0 Å². The Labute approximate surface area is 110 Å². The molecule has 1 aromatic rings. The molecule has 2 N–H and O–H groups in total. The summed E-state index contributed by atoms with van der Waals surface area (Å²) in [5.74, 6) is 0.371. The summed E-state index contributed by atoms with van der Waals surface area (Å²) in [6.07, 6.45) is 2.25. The van der Waals surface area contributed by atoms with Gasteiger partial charge in [-0.1, -0.05) is 25.1 Å². The van der Waals surface area contributed by atoms with Gasteiger partial charge in [-0.15, -0.1) is 0 Å². The van der Waals surface area contributed by atoms with Gasteiger partial charge in [0.05, 0.1) is 6.10 Å². The van der Waals surface area contributed by atoms with Gasteiger partial charge in [0.1, 0.15) is 5.75 Å². The number of benzene rings is 1. The first kappa shape index (κ1) is 15.0. The lowest BCUT2D eigenvalue weighted by atomic mass is 10.0. The first-order chi connectivity index (χ1) is 8.65. The molecule has 102 valence electrons. The maximum Gasteiger partial charge on any atom is 0.120 e. The molecule has 3 nitrogen and oxygen atoms in total. The Hall–Kier alpha value is -1.06. The second-order valence-corrected chi connectivity index (χ2v) is 4.75. The van der Waals surface area contributed by atoms with Crippen LogP contribution in [0, 0.1) is 0 Å². The highest BCUT2D eigenvalue weighted by Crippen LogP contribution is 2.25. The van der Waals surface area contributed by atoms with Crippen molar-refractivity contribution in [1.29, 1.82) is 0 Å². The van der Waals surface area contributed by atoms with Crippen LogP contribution in [0.5, 0.6) is 5.75 Å². The molecule has 0 aliphatic heterocycles. The molecule has 0 radical (unpaired) electrons. The molecule has 0 bridgehead atoms. The number of ether oxygens (including phenoxy) is 1. The third kappa shape index (κ3) is 5.07. The highest BCUT2D eigenvalue weighted by atomic mass is 16.5. The smallest absolute Gasteiger partial charge is 0.120 e. The molecule has 0 aliphatic carbocycles. The third-order valence-electron chi connectivity index (χ3n) is 2.88. The van der Waals surface area contributed by atoms with Gasteiger partial charge in [-0.3, -0.25) is 0 Å². The number of hydrogen-bond acceptors (Lipinski definition) is 3. The molecule has 18 heavy (non-hydrogen) atoms. The average molecular weight is 251 g/mol. The minimum Gasteiger partial charge on any atom is -0.508 e. The van der Waals surface area contributed by atoms with Crippen molar-refractivity contribution in [2.75, 3.05) is 13.2 Å². The number of hydrogen-bond donors (Lipinski definition) is 2. The second kappa shape index (κ2) is 8.11. The van der Waals surface area contributed by atoms with E-state index in [0.29, 0.717) is 11.9 Å². The van der Waals surface area contributed by atoms with E-state index < -0.39 is 0 Å². The lowest BCUT2D eigenvalue weighted by Gasteiger charge is -2.18. The lowest BCUT2D eigenvalue weighted by molar-refractivity contribution is 0.0766. The number of phenols is 1. The fourth-order valence-corrected chi connectivity index (χ4v) is 1.92. The first-order valence-electron chi connectivity index (χ1n) is 6.78. The predicted octanol–water partition coefficient (Wildman–Crippen LogP) is 3.25. The SMILES string of the molecule is CCC(NCCCOC(C)C)c1ccccc1O. The standard InChI is InChI=1S/C15H25NO2/c1-4-14(13-8-5-6-9-15(13)17)16-10-7-11-18-12(2)3/h5-6,8-9,12,14,16-17H,4,7,10-11H2,1-3H3. The molecule has 0 aromatic heterocycles. The van der Waals surface area contributed by atoms with Crippen molar-refractivity contribution in [2.24, 2.45) is 0 Å². The van der Waals surface area contributed by atoms with Crippen molar-refractivity contribution >= 4 is 0 Å². The number of para-hydroxylation sites is 1. The highest BCUT2D eigenvalue weighted by Gasteiger charge is 2.11. The summed E-state index contributed by atoms with van der Waals surface area (Å²) in [5, 5.41) is 13.3. The van der Waals surface area contributed by atoms with Gasteiger partial charge in [-0.05, 0) is 39.3 Å². The Morgan fingerprint density at radius 2 is 2.00 bits per heavy atom. The monoisotopic (exact) mass is 251 g/mol. The first-order valence-corrected chi connectivity index (χ1v) is 6.78. The number of nitrogens with one attached hydrogen (secondary N) is 1. The van der Waals surface area contributed by atoms with Crippen LogP contribution >= 0.6 is 0 Å². The lowest BCUT2D eigenvalue weighted by Crippen LogP contribution is -2.23. The quantitative estimate of drug-likeness (QED) is 0.697.